The van der Waals surface area contributed by atoms with E-state index in [0.29, 0.717) is 16.1 Å². The predicted molar refractivity (Wildman–Crippen MR) is 68.9 cm³/mol. The van der Waals surface area contributed by atoms with Gasteiger partial charge >= 0.3 is 0 Å². The summed E-state index contributed by atoms with van der Waals surface area (Å²) in [5.41, 5.74) is 0.154. The quantitative estimate of drug-likeness (QED) is 0.843. The molecule has 1 atom stereocenters. The molecule has 1 heterocycles. The van der Waals surface area contributed by atoms with Crippen molar-refractivity contribution in [3.05, 3.63) is 77.6 Å². The molecule has 0 saturated carbocycles. The third-order valence-corrected chi connectivity index (χ3v) is 2.93. The van der Waals surface area contributed by atoms with Crippen molar-refractivity contribution < 1.29 is 5.11 Å². The lowest BCUT2D eigenvalue weighted by molar-refractivity contribution is 0.134. The fourth-order valence-corrected chi connectivity index (χ4v) is 1.82. The number of aliphatic hydroxyl groups is 1. The summed E-state index contributed by atoms with van der Waals surface area (Å²) in [5.74, 6) is 0. The zero-order valence-corrected chi connectivity index (χ0v) is 9.93. The molecule has 0 aliphatic rings. The SMILES string of the molecule is C=CC(O)(c1ccc(Cl)cc1)c1cccnc1. The largest absolute Gasteiger partial charge is 0.377 e. The topological polar surface area (TPSA) is 33.1 Å². The van der Waals surface area contributed by atoms with Crippen LogP contribution in [0.2, 0.25) is 5.02 Å². The summed E-state index contributed by atoms with van der Waals surface area (Å²) in [5, 5.41) is 11.3. The maximum absolute atomic E-state index is 10.7. The van der Waals surface area contributed by atoms with Crippen LogP contribution in [-0.2, 0) is 5.60 Å². The Hall–Kier alpha value is -1.64. The molecule has 1 N–H and O–H groups in total. The fraction of sp³-hybridized carbons (Fsp3) is 0.0714. The van der Waals surface area contributed by atoms with Gasteiger partial charge in [-0.15, -0.1) is 0 Å². The summed E-state index contributed by atoms with van der Waals surface area (Å²) in [6, 6.07) is 10.6. The summed E-state index contributed by atoms with van der Waals surface area (Å²) >= 11 is 5.83. The normalized spacial score (nSPS) is 14.0. The van der Waals surface area contributed by atoms with Crippen LogP contribution < -0.4 is 0 Å². The zero-order chi connectivity index (χ0) is 12.3. The first kappa shape index (κ1) is 11.8. The standard InChI is InChI=1S/C14H12ClNO/c1-2-14(17,12-4-3-9-16-10-12)11-5-7-13(15)8-6-11/h2-10,17H,1H2. The monoisotopic (exact) mass is 245 g/mol. The van der Waals surface area contributed by atoms with Crippen LogP contribution in [0.15, 0.2) is 61.4 Å². The third-order valence-electron chi connectivity index (χ3n) is 2.68. The van der Waals surface area contributed by atoms with E-state index in [4.69, 9.17) is 11.6 Å². The molecule has 3 heteroatoms. The zero-order valence-electron chi connectivity index (χ0n) is 9.18. The minimum absolute atomic E-state index is 0.631. The van der Waals surface area contributed by atoms with Gasteiger partial charge in [-0.05, 0) is 23.8 Å². The Balaban J connectivity index is 2.51. The fourth-order valence-electron chi connectivity index (χ4n) is 1.69. The average molecular weight is 246 g/mol. The molecule has 0 spiro atoms. The van der Waals surface area contributed by atoms with Crippen LogP contribution in [0.5, 0.6) is 0 Å². The molecule has 2 rings (SSSR count). The number of hydrogen-bond acceptors (Lipinski definition) is 2. The Morgan fingerprint density at radius 1 is 1.18 bits per heavy atom. The van der Waals surface area contributed by atoms with Gasteiger partial charge < -0.3 is 5.11 Å². The Labute approximate surface area is 105 Å². The van der Waals surface area contributed by atoms with Crippen LogP contribution in [0.1, 0.15) is 11.1 Å². The maximum Gasteiger partial charge on any atom is 0.134 e. The number of pyridine rings is 1. The number of benzene rings is 1. The van der Waals surface area contributed by atoms with Gasteiger partial charge in [-0.25, -0.2) is 0 Å². The van der Waals surface area contributed by atoms with E-state index in [1.54, 1.807) is 42.7 Å². The maximum atomic E-state index is 10.7. The Morgan fingerprint density at radius 2 is 1.88 bits per heavy atom. The summed E-state index contributed by atoms with van der Waals surface area (Å²) in [6.45, 7) is 3.70. The molecule has 1 aromatic heterocycles. The van der Waals surface area contributed by atoms with E-state index >= 15 is 0 Å². The molecule has 86 valence electrons. The number of aromatic nitrogens is 1. The summed E-state index contributed by atoms with van der Waals surface area (Å²) in [7, 11) is 0. The van der Waals surface area contributed by atoms with Crippen molar-refractivity contribution in [2.45, 2.75) is 5.60 Å². The Morgan fingerprint density at radius 3 is 2.41 bits per heavy atom. The van der Waals surface area contributed by atoms with Crippen LogP contribution in [0.4, 0.5) is 0 Å². The van der Waals surface area contributed by atoms with E-state index in [0.717, 1.165) is 0 Å². The first-order chi connectivity index (χ1) is 8.16. The van der Waals surface area contributed by atoms with E-state index in [-0.39, 0.29) is 0 Å². The van der Waals surface area contributed by atoms with Crippen molar-refractivity contribution in [2.75, 3.05) is 0 Å². The van der Waals surface area contributed by atoms with E-state index in [2.05, 4.69) is 11.6 Å². The lowest BCUT2D eigenvalue weighted by atomic mass is 9.87. The highest BCUT2D eigenvalue weighted by molar-refractivity contribution is 6.30. The van der Waals surface area contributed by atoms with Crippen LogP contribution >= 0.6 is 11.6 Å². The Kier molecular flexibility index (Phi) is 3.27. The molecule has 0 aliphatic heterocycles. The number of hydrogen-bond donors (Lipinski definition) is 1. The second-order valence-electron chi connectivity index (χ2n) is 3.72. The molecular formula is C14H12ClNO. The predicted octanol–water partition coefficient (Wildman–Crippen LogP) is 3.16. The van der Waals surface area contributed by atoms with Crippen molar-refractivity contribution in [3.8, 4) is 0 Å². The molecule has 17 heavy (non-hydrogen) atoms. The van der Waals surface area contributed by atoms with Gasteiger partial charge in [0.05, 0.1) is 0 Å². The average Bonchev–Trinajstić information content (AvgIpc) is 2.40. The summed E-state index contributed by atoms with van der Waals surface area (Å²) in [4.78, 5) is 4.01. The molecule has 1 unspecified atom stereocenters. The second kappa shape index (κ2) is 4.70. The molecule has 0 bridgehead atoms. The van der Waals surface area contributed by atoms with E-state index in [1.165, 1.54) is 6.08 Å². The smallest absolute Gasteiger partial charge is 0.134 e. The highest BCUT2D eigenvalue weighted by Gasteiger charge is 2.27. The van der Waals surface area contributed by atoms with Crippen LogP contribution in [0, 0.1) is 0 Å². The third kappa shape index (κ3) is 2.23. The van der Waals surface area contributed by atoms with Crippen molar-refractivity contribution in [3.63, 3.8) is 0 Å². The van der Waals surface area contributed by atoms with Crippen LogP contribution in [0.25, 0.3) is 0 Å². The van der Waals surface area contributed by atoms with Gasteiger partial charge in [0.1, 0.15) is 5.60 Å². The van der Waals surface area contributed by atoms with Gasteiger partial charge in [-0.3, -0.25) is 4.98 Å². The minimum atomic E-state index is -1.24. The van der Waals surface area contributed by atoms with Crippen molar-refractivity contribution in [1.82, 2.24) is 4.98 Å². The molecule has 1 aromatic carbocycles. The Bertz CT molecular complexity index is 510. The second-order valence-corrected chi connectivity index (χ2v) is 4.16. The summed E-state index contributed by atoms with van der Waals surface area (Å²) < 4.78 is 0. The number of halogens is 1. The van der Waals surface area contributed by atoms with E-state index in [9.17, 15) is 5.11 Å². The van der Waals surface area contributed by atoms with Crippen molar-refractivity contribution in [2.24, 2.45) is 0 Å². The molecule has 0 saturated heterocycles. The van der Waals surface area contributed by atoms with Gasteiger partial charge in [-0.1, -0.05) is 42.5 Å². The molecular weight excluding hydrogens is 234 g/mol. The van der Waals surface area contributed by atoms with Gasteiger partial charge in [0.15, 0.2) is 0 Å². The van der Waals surface area contributed by atoms with Gasteiger partial charge in [0.2, 0.25) is 0 Å². The van der Waals surface area contributed by atoms with Gasteiger partial charge in [0, 0.05) is 23.0 Å². The molecule has 2 nitrogen and oxygen atoms in total. The summed E-state index contributed by atoms with van der Waals surface area (Å²) in [6.07, 6.45) is 4.78. The minimum Gasteiger partial charge on any atom is -0.377 e. The molecule has 0 fully saturated rings. The molecule has 0 amide bonds. The van der Waals surface area contributed by atoms with Crippen molar-refractivity contribution >= 4 is 11.6 Å². The van der Waals surface area contributed by atoms with E-state index in [1.807, 2.05) is 6.07 Å². The van der Waals surface area contributed by atoms with Crippen molar-refractivity contribution in [1.29, 1.82) is 0 Å². The number of rotatable bonds is 3. The van der Waals surface area contributed by atoms with Gasteiger partial charge in [-0.2, -0.15) is 0 Å². The molecule has 2 aromatic rings. The first-order valence-electron chi connectivity index (χ1n) is 5.19. The van der Waals surface area contributed by atoms with Crippen LogP contribution in [-0.4, -0.2) is 10.1 Å². The molecule has 0 aliphatic carbocycles. The highest BCUT2D eigenvalue weighted by atomic mass is 35.5. The lowest BCUT2D eigenvalue weighted by Gasteiger charge is -2.25. The first-order valence-corrected chi connectivity index (χ1v) is 5.57. The van der Waals surface area contributed by atoms with Gasteiger partial charge in [0.25, 0.3) is 0 Å². The molecule has 0 radical (unpaired) electrons. The highest BCUT2D eigenvalue weighted by Crippen LogP contribution is 2.30. The van der Waals surface area contributed by atoms with E-state index < -0.39 is 5.60 Å². The number of nitrogens with zero attached hydrogens (tertiary/aromatic N) is 1. The van der Waals surface area contributed by atoms with Crippen LogP contribution in [0.3, 0.4) is 0 Å². The lowest BCUT2D eigenvalue weighted by Crippen LogP contribution is -2.24.